The van der Waals surface area contributed by atoms with Crippen LogP contribution in [0.5, 0.6) is 0 Å². The van der Waals surface area contributed by atoms with Crippen molar-refractivity contribution in [1.29, 1.82) is 0 Å². The van der Waals surface area contributed by atoms with E-state index in [0.29, 0.717) is 36.3 Å². The maximum Gasteiger partial charge on any atom is 0.250 e. The number of carbonyl (C=O) groups is 1. The number of nitrogens with one attached hydrogen (secondary N) is 2. The van der Waals surface area contributed by atoms with Crippen LogP contribution in [-0.4, -0.2) is 67.5 Å². The molecule has 0 unspecified atom stereocenters. The average Bonchev–Trinajstić information content (AvgIpc) is 3.32. The number of piperazine rings is 1. The number of rotatable bonds is 9. The Morgan fingerprint density at radius 1 is 1.08 bits per heavy atom. The van der Waals surface area contributed by atoms with Crippen LogP contribution < -0.4 is 16.0 Å². The first-order valence-electron chi connectivity index (χ1n) is 12.9. The van der Waals surface area contributed by atoms with Gasteiger partial charge in [0, 0.05) is 43.8 Å². The molecule has 1 aliphatic rings. The number of hydrogen-bond donors (Lipinski definition) is 3. The van der Waals surface area contributed by atoms with Gasteiger partial charge in [0.05, 0.1) is 29.0 Å². The highest BCUT2D eigenvalue weighted by Crippen LogP contribution is 2.42. The summed E-state index contributed by atoms with van der Waals surface area (Å²) < 4.78 is 26.8. The molecule has 0 atom stereocenters. The SMILES string of the molecule is CN1CCN(c2ccc(C(N)=O)c(NCCCF)c2-c2n[nH]c3ccc(Cc4cccc(F)c4)cc23)CC1. The number of alkyl halides is 1. The number of nitrogens with two attached hydrogens (primary N) is 1. The van der Waals surface area contributed by atoms with Crippen molar-refractivity contribution in [3.05, 3.63) is 77.1 Å². The first-order valence-corrected chi connectivity index (χ1v) is 12.9. The summed E-state index contributed by atoms with van der Waals surface area (Å²) in [5.74, 6) is -0.831. The van der Waals surface area contributed by atoms with Crippen LogP contribution in [0.15, 0.2) is 54.6 Å². The van der Waals surface area contributed by atoms with Gasteiger partial charge in [0.1, 0.15) is 11.5 Å². The molecule has 1 fully saturated rings. The van der Waals surface area contributed by atoms with E-state index >= 15 is 0 Å². The Balaban J connectivity index is 1.66. The minimum Gasteiger partial charge on any atom is -0.384 e. The molecule has 198 valence electrons. The summed E-state index contributed by atoms with van der Waals surface area (Å²) in [4.78, 5) is 17.0. The van der Waals surface area contributed by atoms with Crippen LogP contribution in [0.2, 0.25) is 0 Å². The molecule has 1 aromatic heterocycles. The number of aromatic amines is 1. The summed E-state index contributed by atoms with van der Waals surface area (Å²) in [6.45, 7) is 3.32. The number of aromatic nitrogens is 2. The molecule has 0 saturated carbocycles. The molecule has 7 nitrogen and oxygen atoms in total. The van der Waals surface area contributed by atoms with Crippen LogP contribution in [0.25, 0.3) is 22.2 Å². The molecule has 4 N–H and O–H groups in total. The molecule has 0 radical (unpaired) electrons. The van der Waals surface area contributed by atoms with Crippen molar-refractivity contribution in [1.82, 2.24) is 15.1 Å². The zero-order chi connectivity index (χ0) is 26.6. The Kier molecular flexibility index (Phi) is 7.55. The van der Waals surface area contributed by atoms with E-state index in [9.17, 15) is 13.6 Å². The smallest absolute Gasteiger partial charge is 0.250 e. The lowest BCUT2D eigenvalue weighted by Gasteiger charge is -2.35. The second-order valence-corrected chi connectivity index (χ2v) is 9.76. The number of primary amides is 1. The summed E-state index contributed by atoms with van der Waals surface area (Å²) in [5.41, 5.74) is 11.8. The molecule has 1 aliphatic heterocycles. The molecule has 1 saturated heterocycles. The Morgan fingerprint density at radius 2 is 1.87 bits per heavy atom. The lowest BCUT2D eigenvalue weighted by Crippen LogP contribution is -2.44. The van der Waals surface area contributed by atoms with E-state index in [1.54, 1.807) is 12.1 Å². The highest BCUT2D eigenvalue weighted by molar-refractivity contribution is 6.08. The van der Waals surface area contributed by atoms with Crippen LogP contribution in [-0.2, 0) is 6.42 Å². The number of hydrogen-bond acceptors (Lipinski definition) is 5. The van der Waals surface area contributed by atoms with E-state index in [4.69, 9.17) is 10.8 Å². The van der Waals surface area contributed by atoms with Crippen molar-refractivity contribution >= 4 is 28.2 Å². The minimum atomic E-state index is -0.564. The number of nitrogens with zero attached hydrogens (tertiary/aromatic N) is 3. The second-order valence-electron chi connectivity index (χ2n) is 9.76. The number of H-pyrrole nitrogens is 1. The number of benzene rings is 3. The maximum absolute atomic E-state index is 13.8. The fourth-order valence-electron chi connectivity index (χ4n) is 5.06. The standard InChI is InChI=1S/C29H32F2N6O/c1-36-12-14-37(15-13-36)25-9-7-22(29(32)38)27(33-11-3-10-30)26(25)28-23-18-20(6-8-24(23)34-35-28)16-19-4-2-5-21(31)17-19/h2,4-9,17-18,33H,3,10-16H2,1H3,(H2,32,38)(H,34,35). The Labute approximate surface area is 220 Å². The van der Waals surface area contributed by atoms with Crippen LogP contribution in [0.1, 0.15) is 27.9 Å². The summed E-state index contributed by atoms with van der Waals surface area (Å²) in [5, 5.41) is 12.0. The first-order chi connectivity index (χ1) is 18.4. The molecule has 9 heteroatoms. The molecule has 5 rings (SSSR count). The van der Waals surface area contributed by atoms with Gasteiger partial charge in [-0.25, -0.2) is 4.39 Å². The number of amides is 1. The molecular weight excluding hydrogens is 486 g/mol. The van der Waals surface area contributed by atoms with Crippen LogP contribution in [0.4, 0.5) is 20.2 Å². The van der Waals surface area contributed by atoms with Crippen molar-refractivity contribution in [3.63, 3.8) is 0 Å². The summed E-state index contributed by atoms with van der Waals surface area (Å²) >= 11 is 0. The number of anilines is 2. The Hall–Kier alpha value is -3.98. The van der Waals surface area contributed by atoms with Gasteiger partial charge < -0.3 is 20.9 Å². The summed E-state index contributed by atoms with van der Waals surface area (Å²) in [7, 11) is 2.10. The van der Waals surface area contributed by atoms with Crippen LogP contribution in [0, 0.1) is 5.82 Å². The molecular formula is C29H32F2N6O. The van der Waals surface area contributed by atoms with E-state index in [1.165, 1.54) is 12.1 Å². The molecule has 0 spiro atoms. The Bertz CT molecular complexity index is 1440. The quantitative estimate of drug-likeness (QED) is 0.282. The topological polar surface area (TPSA) is 90.3 Å². The zero-order valence-electron chi connectivity index (χ0n) is 21.4. The van der Waals surface area contributed by atoms with E-state index in [0.717, 1.165) is 59.5 Å². The lowest BCUT2D eigenvalue weighted by atomic mass is 9.96. The fraction of sp³-hybridized carbons (Fsp3) is 0.310. The van der Waals surface area contributed by atoms with E-state index in [-0.39, 0.29) is 5.82 Å². The van der Waals surface area contributed by atoms with Crippen molar-refractivity contribution in [2.24, 2.45) is 5.73 Å². The van der Waals surface area contributed by atoms with Gasteiger partial charge in [-0.05, 0) is 67.4 Å². The number of fused-ring (bicyclic) bond motifs is 1. The maximum atomic E-state index is 13.8. The van der Waals surface area contributed by atoms with Gasteiger partial charge >= 0.3 is 0 Å². The number of likely N-dealkylation sites (N-methyl/N-ethyl adjacent to an activating group) is 1. The van der Waals surface area contributed by atoms with Gasteiger partial charge in [0.15, 0.2) is 0 Å². The number of carbonyl (C=O) groups excluding carboxylic acids is 1. The van der Waals surface area contributed by atoms with Crippen molar-refractivity contribution in [3.8, 4) is 11.3 Å². The van der Waals surface area contributed by atoms with E-state index in [1.807, 2.05) is 24.3 Å². The largest absolute Gasteiger partial charge is 0.384 e. The monoisotopic (exact) mass is 518 g/mol. The second kappa shape index (κ2) is 11.2. The van der Waals surface area contributed by atoms with Crippen molar-refractivity contribution in [2.75, 3.05) is 56.7 Å². The molecule has 3 aromatic carbocycles. The average molecular weight is 519 g/mol. The van der Waals surface area contributed by atoms with Gasteiger partial charge in [0.2, 0.25) is 0 Å². The van der Waals surface area contributed by atoms with Gasteiger partial charge in [-0.15, -0.1) is 0 Å². The van der Waals surface area contributed by atoms with Gasteiger partial charge in [-0.3, -0.25) is 14.3 Å². The number of halogens is 2. The summed E-state index contributed by atoms with van der Waals surface area (Å²) in [6.07, 6.45) is 0.863. The Morgan fingerprint density at radius 3 is 2.61 bits per heavy atom. The predicted octanol–water partition coefficient (Wildman–Crippen LogP) is 4.58. The zero-order valence-corrected chi connectivity index (χ0v) is 21.4. The predicted molar refractivity (Wildman–Crippen MR) is 148 cm³/mol. The lowest BCUT2D eigenvalue weighted by molar-refractivity contribution is 0.100. The van der Waals surface area contributed by atoms with Gasteiger partial charge in [0.25, 0.3) is 5.91 Å². The summed E-state index contributed by atoms with van der Waals surface area (Å²) in [6, 6.07) is 16.3. The normalized spacial score (nSPS) is 14.2. The molecule has 2 heterocycles. The molecule has 0 bridgehead atoms. The molecule has 0 aliphatic carbocycles. The third-order valence-corrected chi connectivity index (χ3v) is 7.07. The van der Waals surface area contributed by atoms with Crippen LogP contribution in [0.3, 0.4) is 0 Å². The van der Waals surface area contributed by atoms with Crippen LogP contribution >= 0.6 is 0 Å². The molecule has 4 aromatic rings. The third kappa shape index (κ3) is 5.33. The van der Waals surface area contributed by atoms with Gasteiger partial charge in [-0.1, -0.05) is 18.2 Å². The fourth-order valence-corrected chi connectivity index (χ4v) is 5.06. The molecule has 1 amide bonds. The minimum absolute atomic E-state index is 0.267. The highest BCUT2D eigenvalue weighted by atomic mass is 19.1. The highest BCUT2D eigenvalue weighted by Gasteiger charge is 2.26. The third-order valence-electron chi connectivity index (χ3n) is 7.07. The van der Waals surface area contributed by atoms with E-state index in [2.05, 4.69) is 33.3 Å². The van der Waals surface area contributed by atoms with Gasteiger partial charge in [-0.2, -0.15) is 5.10 Å². The van der Waals surface area contributed by atoms with Crippen molar-refractivity contribution < 1.29 is 13.6 Å². The first kappa shape index (κ1) is 25.7. The van der Waals surface area contributed by atoms with E-state index < -0.39 is 12.6 Å². The van der Waals surface area contributed by atoms with Crippen molar-refractivity contribution in [2.45, 2.75) is 12.8 Å². The molecule has 38 heavy (non-hydrogen) atoms.